The number of carbonyl (C=O) groups excluding carboxylic acids is 1. The molecular formula is C51H92O5. The van der Waals surface area contributed by atoms with Crippen molar-refractivity contribution in [2.75, 3.05) is 6.61 Å². The van der Waals surface area contributed by atoms with E-state index in [1.165, 1.54) is 161 Å². The topological polar surface area (TPSA) is 83.8 Å². The van der Waals surface area contributed by atoms with Crippen LogP contribution in [0.3, 0.4) is 0 Å². The average molecular weight is 785 g/mol. The number of ether oxygens (including phenoxy) is 1. The number of carboxylic acids is 1. The van der Waals surface area contributed by atoms with Crippen molar-refractivity contribution in [3.63, 3.8) is 0 Å². The molecule has 0 radical (unpaired) electrons. The predicted octanol–water partition coefficient (Wildman–Crippen LogP) is 15.9. The Labute approximate surface area is 347 Å². The number of aryl methyl sites for hydroxylation is 1. The summed E-state index contributed by atoms with van der Waals surface area (Å²) in [6.07, 6.45) is 38.4. The lowest BCUT2D eigenvalue weighted by Gasteiger charge is -2.33. The van der Waals surface area contributed by atoms with Gasteiger partial charge in [-0.25, -0.2) is 0 Å². The third-order valence-electron chi connectivity index (χ3n) is 12.1. The maximum Gasteiger partial charge on any atom is 0.326 e. The third kappa shape index (κ3) is 23.5. The Bertz CT molecular complexity index is 1110. The highest BCUT2D eigenvalue weighted by molar-refractivity contribution is 6.00. The van der Waals surface area contributed by atoms with Gasteiger partial charge in [-0.15, -0.1) is 0 Å². The quantitative estimate of drug-likeness (QED) is 0.0396. The van der Waals surface area contributed by atoms with Crippen LogP contribution in [0.15, 0.2) is 18.2 Å². The van der Waals surface area contributed by atoms with Gasteiger partial charge in [0.05, 0.1) is 6.61 Å². The first kappa shape index (κ1) is 52.1. The van der Waals surface area contributed by atoms with Crippen molar-refractivity contribution in [3.05, 3.63) is 34.9 Å². The number of esters is 1. The molecule has 0 fully saturated rings. The molecule has 1 aromatic carbocycles. The minimum absolute atomic E-state index is 0.0680. The molecule has 2 atom stereocenters. The first-order valence-corrected chi connectivity index (χ1v) is 24.2. The summed E-state index contributed by atoms with van der Waals surface area (Å²) < 4.78 is 5.76. The van der Waals surface area contributed by atoms with E-state index in [9.17, 15) is 19.8 Å². The number of carbonyl (C=O) groups is 2. The normalized spacial score (nSPS) is 13.5. The summed E-state index contributed by atoms with van der Waals surface area (Å²) in [5.41, 5.74) is 0.208. The molecule has 0 aliphatic heterocycles. The summed E-state index contributed by atoms with van der Waals surface area (Å²) in [5.74, 6) is -2.08. The summed E-state index contributed by atoms with van der Waals surface area (Å²) >= 11 is 0. The van der Waals surface area contributed by atoms with Gasteiger partial charge in [-0.3, -0.25) is 9.59 Å². The zero-order valence-electron chi connectivity index (χ0n) is 38.0. The van der Waals surface area contributed by atoms with Crippen molar-refractivity contribution in [1.29, 1.82) is 0 Å². The van der Waals surface area contributed by atoms with E-state index in [1.807, 2.05) is 19.1 Å². The fourth-order valence-corrected chi connectivity index (χ4v) is 8.25. The number of aliphatic hydroxyl groups excluding tert-OH is 1. The van der Waals surface area contributed by atoms with Gasteiger partial charge in [0.15, 0.2) is 5.41 Å². The monoisotopic (exact) mass is 785 g/mol. The second-order valence-electron chi connectivity index (χ2n) is 18.6. The molecule has 56 heavy (non-hydrogen) atoms. The third-order valence-corrected chi connectivity index (χ3v) is 12.1. The number of rotatable bonds is 38. The van der Waals surface area contributed by atoms with Gasteiger partial charge in [0.2, 0.25) is 0 Å². The van der Waals surface area contributed by atoms with E-state index < -0.39 is 23.5 Å². The summed E-state index contributed by atoms with van der Waals surface area (Å²) in [4.78, 5) is 27.0. The molecule has 0 heterocycles. The fraction of sp³-hybridized carbons (Fsp3) is 0.843. The molecule has 0 saturated heterocycles. The van der Waals surface area contributed by atoms with E-state index >= 15 is 0 Å². The van der Waals surface area contributed by atoms with Crippen LogP contribution in [0.5, 0.6) is 0 Å². The number of aliphatic carboxylic acids is 1. The Hall–Kier alpha value is -1.88. The van der Waals surface area contributed by atoms with Gasteiger partial charge in [0.25, 0.3) is 0 Å². The highest BCUT2D eigenvalue weighted by Crippen LogP contribution is 2.42. The molecule has 0 amide bonds. The van der Waals surface area contributed by atoms with Gasteiger partial charge < -0.3 is 14.9 Å². The second kappa shape index (κ2) is 33.0. The Morgan fingerprint density at radius 3 is 1.21 bits per heavy atom. The van der Waals surface area contributed by atoms with Crippen molar-refractivity contribution in [2.45, 2.75) is 265 Å². The lowest BCUT2D eigenvalue weighted by molar-refractivity contribution is -0.179. The zero-order valence-corrected chi connectivity index (χ0v) is 38.0. The van der Waals surface area contributed by atoms with Gasteiger partial charge >= 0.3 is 11.9 Å². The van der Waals surface area contributed by atoms with E-state index in [2.05, 4.69) is 40.7 Å². The molecule has 2 N–H and O–H groups in total. The van der Waals surface area contributed by atoms with Crippen molar-refractivity contribution in [2.24, 2.45) is 5.41 Å². The van der Waals surface area contributed by atoms with Gasteiger partial charge in [-0.1, -0.05) is 257 Å². The van der Waals surface area contributed by atoms with E-state index in [0.717, 1.165) is 43.2 Å². The van der Waals surface area contributed by atoms with Gasteiger partial charge in [0, 0.05) is 0 Å². The highest BCUT2D eigenvalue weighted by atomic mass is 16.5. The standard InChI is InChI=1S/C51H92O5/c1-7-9-11-13-15-17-19-21-23-25-27-29-31-33-35-37-39-51(48(53)54,47(52)45-41-44(3)42-46(43-45)50(4,5)6)49(55)56-40-38-36-34-32-30-28-26-24-22-20-18-16-14-12-10-8-2/h41-43,47,52H,7-40H2,1-6H3,(H,53,54). The van der Waals surface area contributed by atoms with Gasteiger partial charge in [-0.05, 0) is 36.3 Å². The second-order valence-corrected chi connectivity index (χ2v) is 18.6. The first-order valence-electron chi connectivity index (χ1n) is 24.2. The first-order chi connectivity index (χ1) is 27.0. The minimum atomic E-state index is -2.03. The van der Waals surface area contributed by atoms with E-state index in [1.54, 1.807) is 0 Å². The number of aliphatic hydroxyl groups is 1. The summed E-state index contributed by atoms with van der Waals surface area (Å²) in [6.45, 7) is 13.0. The van der Waals surface area contributed by atoms with Crippen molar-refractivity contribution in [3.8, 4) is 0 Å². The maximum atomic E-state index is 13.9. The van der Waals surface area contributed by atoms with Crippen LogP contribution in [0, 0.1) is 12.3 Å². The fourth-order valence-electron chi connectivity index (χ4n) is 8.25. The lowest BCUT2D eigenvalue weighted by atomic mass is 9.73. The molecule has 0 saturated carbocycles. The van der Waals surface area contributed by atoms with Crippen LogP contribution < -0.4 is 0 Å². The molecule has 5 heteroatoms. The van der Waals surface area contributed by atoms with Crippen LogP contribution in [0.4, 0.5) is 0 Å². The molecule has 2 unspecified atom stereocenters. The Balaban J connectivity index is 2.57. The van der Waals surface area contributed by atoms with E-state index in [0.29, 0.717) is 18.4 Å². The largest absolute Gasteiger partial charge is 0.480 e. The van der Waals surface area contributed by atoms with Crippen LogP contribution in [0.1, 0.15) is 269 Å². The molecule has 0 aromatic heterocycles. The van der Waals surface area contributed by atoms with Crippen LogP contribution in [0.2, 0.25) is 0 Å². The molecule has 326 valence electrons. The molecule has 1 aromatic rings. The maximum absolute atomic E-state index is 13.9. The van der Waals surface area contributed by atoms with Gasteiger partial charge in [-0.2, -0.15) is 0 Å². The predicted molar refractivity (Wildman–Crippen MR) is 240 cm³/mol. The van der Waals surface area contributed by atoms with Crippen LogP contribution >= 0.6 is 0 Å². The highest BCUT2D eigenvalue weighted by Gasteiger charge is 2.54. The average Bonchev–Trinajstić information content (AvgIpc) is 3.16. The molecule has 0 bridgehead atoms. The smallest absolute Gasteiger partial charge is 0.326 e. The van der Waals surface area contributed by atoms with E-state index in [-0.39, 0.29) is 18.4 Å². The summed E-state index contributed by atoms with van der Waals surface area (Å²) in [5, 5.41) is 22.6. The Morgan fingerprint density at radius 1 is 0.536 bits per heavy atom. The number of hydrogen-bond acceptors (Lipinski definition) is 4. The van der Waals surface area contributed by atoms with Gasteiger partial charge in [0.1, 0.15) is 6.10 Å². The van der Waals surface area contributed by atoms with Crippen molar-refractivity contribution < 1.29 is 24.5 Å². The number of hydrogen-bond donors (Lipinski definition) is 2. The number of benzene rings is 1. The number of carboxylic acid groups (broad SMARTS) is 1. The van der Waals surface area contributed by atoms with Crippen molar-refractivity contribution >= 4 is 11.9 Å². The van der Waals surface area contributed by atoms with Crippen LogP contribution in [-0.2, 0) is 19.7 Å². The van der Waals surface area contributed by atoms with Crippen LogP contribution in [0.25, 0.3) is 0 Å². The summed E-state index contributed by atoms with van der Waals surface area (Å²) in [7, 11) is 0. The number of unbranched alkanes of at least 4 members (excludes halogenated alkanes) is 30. The SMILES string of the molecule is CCCCCCCCCCCCCCCCCCOC(=O)C(CCCCCCCCCCCCCCCCCC)(C(=O)O)C(O)c1cc(C)cc(C(C)(C)C)c1. The molecule has 1 rings (SSSR count). The zero-order chi connectivity index (χ0) is 41.3. The van der Waals surface area contributed by atoms with Crippen LogP contribution in [-0.4, -0.2) is 28.8 Å². The summed E-state index contributed by atoms with van der Waals surface area (Å²) in [6, 6.07) is 5.78. The van der Waals surface area contributed by atoms with Crippen molar-refractivity contribution in [1.82, 2.24) is 0 Å². The Morgan fingerprint density at radius 2 is 0.875 bits per heavy atom. The van der Waals surface area contributed by atoms with E-state index in [4.69, 9.17) is 4.74 Å². The molecule has 0 aliphatic carbocycles. The lowest BCUT2D eigenvalue weighted by Crippen LogP contribution is -2.46. The Kier molecular flexibility index (Phi) is 30.7. The minimum Gasteiger partial charge on any atom is -0.480 e. The molecule has 0 spiro atoms. The molecule has 0 aliphatic rings. The molecule has 5 nitrogen and oxygen atoms in total. The molecular weight excluding hydrogens is 693 g/mol.